The molecule has 1 rings (SSSR count). The largest absolute Gasteiger partial charge is 0.421 e. The van der Waals surface area contributed by atoms with Crippen molar-refractivity contribution in [1.82, 2.24) is 5.32 Å². The minimum atomic E-state index is -4.92. The summed E-state index contributed by atoms with van der Waals surface area (Å²) < 4.78 is 38.6. The minimum absolute atomic E-state index is 0.351. The molecule has 0 aliphatic heterocycles. The highest BCUT2D eigenvalue weighted by Gasteiger charge is 2.55. The van der Waals surface area contributed by atoms with Gasteiger partial charge in [-0.05, 0) is 5.56 Å². The molecular weight excluding hydrogens is 235 g/mol. The van der Waals surface area contributed by atoms with Crippen molar-refractivity contribution in [2.45, 2.75) is 18.2 Å². The van der Waals surface area contributed by atoms with Crippen LogP contribution in [-0.2, 0) is 10.4 Å². The number of amides is 1. The van der Waals surface area contributed by atoms with Crippen molar-refractivity contribution >= 4 is 5.91 Å². The Kier molecular flexibility index (Phi) is 3.77. The quantitative estimate of drug-likeness (QED) is 0.851. The van der Waals surface area contributed by atoms with Gasteiger partial charge in [-0.25, -0.2) is 0 Å². The van der Waals surface area contributed by atoms with E-state index in [2.05, 4.69) is 5.32 Å². The summed E-state index contributed by atoms with van der Waals surface area (Å²) in [5, 5.41) is 11.8. The van der Waals surface area contributed by atoms with Crippen LogP contribution in [0.25, 0.3) is 0 Å². The highest BCUT2D eigenvalue weighted by Crippen LogP contribution is 2.41. The van der Waals surface area contributed by atoms with Gasteiger partial charge in [-0.3, -0.25) is 4.79 Å². The van der Waals surface area contributed by atoms with E-state index >= 15 is 0 Å². The van der Waals surface area contributed by atoms with Gasteiger partial charge in [0.25, 0.3) is 0 Å². The predicted molar refractivity (Wildman–Crippen MR) is 55.1 cm³/mol. The van der Waals surface area contributed by atoms with Crippen molar-refractivity contribution in [2.75, 3.05) is 7.05 Å². The molecule has 0 saturated carbocycles. The lowest BCUT2D eigenvalue weighted by Gasteiger charge is -2.30. The zero-order chi connectivity index (χ0) is 13.1. The summed E-state index contributed by atoms with van der Waals surface area (Å²) >= 11 is 0. The second kappa shape index (κ2) is 4.75. The van der Waals surface area contributed by atoms with Gasteiger partial charge in [0, 0.05) is 7.05 Å². The van der Waals surface area contributed by atoms with Crippen molar-refractivity contribution in [3.63, 3.8) is 0 Å². The Morgan fingerprint density at radius 2 is 1.82 bits per heavy atom. The van der Waals surface area contributed by atoms with Gasteiger partial charge in [0.2, 0.25) is 5.91 Å². The summed E-state index contributed by atoms with van der Waals surface area (Å²) in [6.07, 6.45) is -5.97. The summed E-state index contributed by atoms with van der Waals surface area (Å²) in [5.74, 6) is -0.881. The predicted octanol–water partition coefficient (Wildman–Crippen LogP) is 1.57. The molecule has 1 amide bonds. The van der Waals surface area contributed by atoms with Crippen LogP contribution in [0.15, 0.2) is 30.3 Å². The van der Waals surface area contributed by atoms with Crippen molar-refractivity contribution in [1.29, 1.82) is 0 Å². The maximum Gasteiger partial charge on any atom is 0.421 e. The van der Waals surface area contributed by atoms with Crippen LogP contribution in [0.5, 0.6) is 0 Å². The Morgan fingerprint density at radius 3 is 2.24 bits per heavy atom. The molecule has 0 spiro atoms. The molecule has 0 radical (unpaired) electrons. The molecule has 17 heavy (non-hydrogen) atoms. The Morgan fingerprint density at radius 1 is 1.29 bits per heavy atom. The number of benzene rings is 1. The maximum atomic E-state index is 12.9. The lowest BCUT2D eigenvalue weighted by molar-refractivity contribution is -0.267. The smallest absolute Gasteiger partial charge is 0.376 e. The lowest BCUT2D eigenvalue weighted by Crippen LogP contribution is -2.45. The summed E-state index contributed by atoms with van der Waals surface area (Å²) in [6.45, 7) is 0. The number of rotatable bonds is 3. The second-order valence-corrected chi connectivity index (χ2v) is 3.57. The number of halogens is 3. The molecule has 1 aromatic carbocycles. The van der Waals surface area contributed by atoms with Crippen LogP contribution >= 0.6 is 0 Å². The van der Waals surface area contributed by atoms with Gasteiger partial charge in [0.1, 0.15) is 0 Å². The summed E-state index contributed by atoms with van der Waals surface area (Å²) in [7, 11) is 1.21. The van der Waals surface area contributed by atoms with Crippen LogP contribution in [0.2, 0.25) is 0 Å². The Balaban J connectivity index is 3.16. The van der Waals surface area contributed by atoms with Crippen LogP contribution in [-0.4, -0.2) is 24.2 Å². The molecule has 0 heterocycles. The minimum Gasteiger partial charge on any atom is -0.376 e. The number of carbonyl (C=O) groups excluding carboxylic acids is 1. The van der Waals surface area contributed by atoms with Gasteiger partial charge in [0.15, 0.2) is 5.60 Å². The number of alkyl halides is 3. The number of hydrogen-bond donors (Lipinski definition) is 2. The lowest BCUT2D eigenvalue weighted by atomic mass is 9.89. The first-order valence-electron chi connectivity index (χ1n) is 4.86. The van der Waals surface area contributed by atoms with Crippen LogP contribution in [0.1, 0.15) is 12.0 Å². The first-order chi connectivity index (χ1) is 7.81. The highest BCUT2D eigenvalue weighted by molar-refractivity contribution is 5.77. The van der Waals surface area contributed by atoms with Gasteiger partial charge >= 0.3 is 6.18 Å². The molecule has 0 aromatic heterocycles. The van der Waals surface area contributed by atoms with E-state index in [0.717, 1.165) is 12.1 Å². The standard InChI is InChI=1S/C11H12F3NO2/c1-15-9(16)7-10(17,11(12,13)14)8-5-3-2-4-6-8/h2-6,17H,7H2,1H3,(H,15,16). The average molecular weight is 247 g/mol. The van der Waals surface area contributed by atoms with E-state index in [4.69, 9.17) is 0 Å². The maximum absolute atomic E-state index is 12.9. The van der Waals surface area contributed by atoms with Gasteiger partial charge < -0.3 is 10.4 Å². The number of aliphatic hydroxyl groups is 1. The molecule has 94 valence electrons. The number of hydrogen-bond acceptors (Lipinski definition) is 2. The fourth-order valence-electron chi connectivity index (χ4n) is 1.40. The molecule has 0 saturated heterocycles. The van der Waals surface area contributed by atoms with E-state index in [-0.39, 0.29) is 5.56 Å². The zero-order valence-corrected chi connectivity index (χ0v) is 9.08. The van der Waals surface area contributed by atoms with Gasteiger partial charge in [-0.15, -0.1) is 0 Å². The Hall–Kier alpha value is -1.56. The summed E-state index contributed by atoms with van der Waals surface area (Å²) in [4.78, 5) is 11.1. The van der Waals surface area contributed by atoms with E-state index in [1.807, 2.05) is 0 Å². The van der Waals surface area contributed by atoms with Crippen molar-refractivity contribution < 1.29 is 23.1 Å². The normalized spacial score (nSPS) is 15.1. The topological polar surface area (TPSA) is 49.3 Å². The first-order valence-corrected chi connectivity index (χ1v) is 4.86. The monoisotopic (exact) mass is 247 g/mol. The van der Waals surface area contributed by atoms with Gasteiger partial charge in [0.05, 0.1) is 6.42 Å². The third kappa shape index (κ3) is 2.76. The molecule has 6 heteroatoms. The number of nitrogens with one attached hydrogen (secondary N) is 1. The second-order valence-electron chi connectivity index (χ2n) is 3.57. The van der Waals surface area contributed by atoms with Crippen molar-refractivity contribution in [3.05, 3.63) is 35.9 Å². The van der Waals surface area contributed by atoms with E-state index in [1.165, 1.54) is 25.2 Å². The Labute approximate surface area is 96.3 Å². The zero-order valence-electron chi connectivity index (χ0n) is 9.08. The fourth-order valence-corrected chi connectivity index (χ4v) is 1.40. The first kappa shape index (κ1) is 13.5. The van der Waals surface area contributed by atoms with E-state index < -0.39 is 24.1 Å². The molecule has 1 unspecified atom stereocenters. The summed E-state index contributed by atoms with van der Waals surface area (Å²) in [6, 6.07) is 6.54. The van der Waals surface area contributed by atoms with Crippen LogP contribution in [0.4, 0.5) is 13.2 Å². The number of carbonyl (C=O) groups is 1. The third-order valence-corrected chi connectivity index (χ3v) is 2.42. The van der Waals surface area contributed by atoms with Crippen LogP contribution in [0.3, 0.4) is 0 Å². The van der Waals surface area contributed by atoms with E-state index in [1.54, 1.807) is 0 Å². The summed E-state index contributed by atoms with van der Waals surface area (Å²) in [5.41, 5.74) is -3.51. The van der Waals surface area contributed by atoms with Gasteiger partial charge in [-0.1, -0.05) is 30.3 Å². The molecule has 0 fully saturated rings. The van der Waals surface area contributed by atoms with Crippen molar-refractivity contribution in [3.8, 4) is 0 Å². The molecule has 2 N–H and O–H groups in total. The third-order valence-electron chi connectivity index (χ3n) is 2.42. The SMILES string of the molecule is CNC(=O)CC(O)(c1ccccc1)C(F)(F)F. The fraction of sp³-hybridized carbons (Fsp3) is 0.364. The van der Waals surface area contributed by atoms with Crippen LogP contribution < -0.4 is 5.32 Å². The van der Waals surface area contributed by atoms with E-state index in [0.29, 0.717) is 0 Å². The molecule has 0 aliphatic carbocycles. The molecule has 0 bridgehead atoms. The highest BCUT2D eigenvalue weighted by atomic mass is 19.4. The Bertz CT molecular complexity index is 391. The van der Waals surface area contributed by atoms with Crippen LogP contribution in [0, 0.1) is 0 Å². The molecule has 1 aromatic rings. The molecule has 0 aliphatic rings. The molecule has 3 nitrogen and oxygen atoms in total. The molecular formula is C11H12F3NO2. The molecule has 1 atom stereocenters. The van der Waals surface area contributed by atoms with Crippen molar-refractivity contribution in [2.24, 2.45) is 0 Å². The average Bonchev–Trinajstić information content (AvgIpc) is 2.28. The van der Waals surface area contributed by atoms with Gasteiger partial charge in [-0.2, -0.15) is 13.2 Å². The van der Waals surface area contributed by atoms with E-state index in [9.17, 15) is 23.1 Å².